The second-order valence-electron chi connectivity index (χ2n) is 7.83. The van der Waals surface area contributed by atoms with Gasteiger partial charge in [0.15, 0.2) is 0 Å². The molecule has 2 aromatic heterocycles. The Kier molecular flexibility index (Phi) is 4.43. The van der Waals surface area contributed by atoms with Crippen LogP contribution >= 0.6 is 0 Å². The van der Waals surface area contributed by atoms with Gasteiger partial charge < -0.3 is 15.3 Å². The summed E-state index contributed by atoms with van der Waals surface area (Å²) in [6.07, 6.45) is 0. The standard InChI is InChI=1S/C27H21N5/c1-2-6-23-22(5-1)29-26(30-23)19-11-9-18(10-12-19)17-28-21-15-13-20(14-16-21)27-31-24-7-3-4-8-25(24)32-27/h1-16,28H,17H2,(H,29,30)(H,31,32). The van der Waals surface area contributed by atoms with E-state index in [4.69, 9.17) is 0 Å². The van der Waals surface area contributed by atoms with Crippen LogP contribution in [0.2, 0.25) is 0 Å². The minimum atomic E-state index is 0.754. The van der Waals surface area contributed by atoms with E-state index in [9.17, 15) is 0 Å². The number of aromatic nitrogens is 4. The zero-order valence-corrected chi connectivity index (χ0v) is 17.3. The summed E-state index contributed by atoms with van der Waals surface area (Å²) in [5, 5.41) is 3.49. The van der Waals surface area contributed by atoms with Gasteiger partial charge in [0, 0.05) is 23.4 Å². The van der Waals surface area contributed by atoms with Crippen LogP contribution in [0.4, 0.5) is 5.69 Å². The second-order valence-corrected chi connectivity index (χ2v) is 7.83. The fourth-order valence-corrected chi connectivity index (χ4v) is 3.91. The second kappa shape index (κ2) is 7.71. The Morgan fingerprint density at radius 2 is 1.06 bits per heavy atom. The molecule has 0 unspecified atom stereocenters. The van der Waals surface area contributed by atoms with Gasteiger partial charge in [0.25, 0.3) is 0 Å². The topological polar surface area (TPSA) is 69.4 Å². The number of nitrogens with zero attached hydrogens (tertiary/aromatic N) is 2. The van der Waals surface area contributed by atoms with Crippen LogP contribution < -0.4 is 5.32 Å². The average molecular weight is 416 g/mol. The summed E-state index contributed by atoms with van der Waals surface area (Å²) < 4.78 is 0. The lowest BCUT2D eigenvalue weighted by Crippen LogP contribution is -1.99. The van der Waals surface area contributed by atoms with Crippen LogP contribution in [0, 0.1) is 0 Å². The minimum absolute atomic E-state index is 0.754. The lowest BCUT2D eigenvalue weighted by atomic mass is 10.1. The molecule has 32 heavy (non-hydrogen) atoms. The summed E-state index contributed by atoms with van der Waals surface area (Å²) in [6.45, 7) is 0.754. The van der Waals surface area contributed by atoms with E-state index in [-0.39, 0.29) is 0 Å². The number of para-hydroxylation sites is 4. The predicted octanol–water partition coefficient (Wildman–Crippen LogP) is 6.39. The number of H-pyrrole nitrogens is 2. The van der Waals surface area contributed by atoms with Crippen molar-refractivity contribution < 1.29 is 0 Å². The van der Waals surface area contributed by atoms with E-state index in [1.165, 1.54) is 5.56 Å². The highest BCUT2D eigenvalue weighted by atomic mass is 14.9. The van der Waals surface area contributed by atoms with Crippen molar-refractivity contribution in [3.05, 3.63) is 103 Å². The van der Waals surface area contributed by atoms with E-state index in [0.717, 1.165) is 57.1 Å². The molecule has 0 saturated heterocycles. The third kappa shape index (κ3) is 3.50. The molecule has 4 aromatic carbocycles. The SMILES string of the molecule is c1ccc2[nH]c(-c3ccc(CNc4ccc(-c5nc6ccccc6[nH]5)cc4)cc3)nc2c1. The molecule has 3 N–H and O–H groups in total. The van der Waals surface area contributed by atoms with Crippen LogP contribution in [-0.2, 0) is 6.54 Å². The first kappa shape index (κ1) is 18.4. The molecule has 0 spiro atoms. The summed E-state index contributed by atoms with van der Waals surface area (Å²) in [7, 11) is 0. The van der Waals surface area contributed by atoms with Crippen LogP contribution in [-0.4, -0.2) is 19.9 Å². The number of anilines is 1. The molecule has 154 valence electrons. The predicted molar refractivity (Wildman–Crippen MR) is 130 cm³/mol. The van der Waals surface area contributed by atoms with Crippen molar-refractivity contribution in [2.24, 2.45) is 0 Å². The van der Waals surface area contributed by atoms with Crippen molar-refractivity contribution in [1.82, 2.24) is 19.9 Å². The monoisotopic (exact) mass is 415 g/mol. The smallest absolute Gasteiger partial charge is 0.138 e. The number of hydrogen-bond donors (Lipinski definition) is 3. The number of imidazole rings is 2. The van der Waals surface area contributed by atoms with Gasteiger partial charge in [-0.2, -0.15) is 0 Å². The van der Waals surface area contributed by atoms with E-state index < -0.39 is 0 Å². The summed E-state index contributed by atoms with van der Waals surface area (Å²) in [6, 6.07) is 33.0. The normalized spacial score (nSPS) is 11.2. The van der Waals surface area contributed by atoms with E-state index in [0.29, 0.717) is 0 Å². The highest BCUT2D eigenvalue weighted by molar-refractivity contribution is 5.80. The van der Waals surface area contributed by atoms with Crippen LogP contribution in [0.5, 0.6) is 0 Å². The van der Waals surface area contributed by atoms with E-state index >= 15 is 0 Å². The number of aromatic amines is 2. The third-order valence-corrected chi connectivity index (χ3v) is 5.66. The Bertz CT molecular complexity index is 1320. The number of hydrogen-bond acceptors (Lipinski definition) is 3. The molecule has 0 amide bonds. The molecule has 0 aliphatic heterocycles. The number of benzene rings is 4. The first-order valence-corrected chi connectivity index (χ1v) is 10.6. The Morgan fingerprint density at radius 1 is 0.562 bits per heavy atom. The van der Waals surface area contributed by atoms with E-state index in [2.05, 4.69) is 73.8 Å². The van der Waals surface area contributed by atoms with Crippen LogP contribution in [0.3, 0.4) is 0 Å². The van der Waals surface area contributed by atoms with E-state index in [1.54, 1.807) is 0 Å². The van der Waals surface area contributed by atoms with Crippen LogP contribution in [0.25, 0.3) is 44.8 Å². The maximum atomic E-state index is 4.67. The zero-order chi connectivity index (χ0) is 21.3. The van der Waals surface area contributed by atoms with Crippen molar-refractivity contribution in [2.75, 3.05) is 5.32 Å². The lowest BCUT2D eigenvalue weighted by molar-refractivity contribution is 1.15. The van der Waals surface area contributed by atoms with Gasteiger partial charge in [-0.25, -0.2) is 9.97 Å². The van der Waals surface area contributed by atoms with Crippen molar-refractivity contribution in [1.29, 1.82) is 0 Å². The fraction of sp³-hybridized carbons (Fsp3) is 0.0370. The van der Waals surface area contributed by atoms with Gasteiger partial charge in [0.05, 0.1) is 22.1 Å². The maximum absolute atomic E-state index is 4.67. The molecule has 0 saturated carbocycles. The van der Waals surface area contributed by atoms with Crippen LogP contribution in [0.15, 0.2) is 97.1 Å². The fourth-order valence-electron chi connectivity index (χ4n) is 3.91. The summed E-state index contributed by atoms with van der Waals surface area (Å²) in [4.78, 5) is 16.1. The highest BCUT2D eigenvalue weighted by Gasteiger charge is 2.06. The Labute approximate surface area is 185 Å². The van der Waals surface area contributed by atoms with Gasteiger partial charge in [-0.1, -0.05) is 48.5 Å². The molecule has 5 nitrogen and oxygen atoms in total. The number of rotatable bonds is 5. The molecular weight excluding hydrogens is 394 g/mol. The van der Waals surface area contributed by atoms with Gasteiger partial charge in [-0.15, -0.1) is 0 Å². The Hall–Kier alpha value is -4.38. The average Bonchev–Trinajstić information content (AvgIpc) is 3.48. The zero-order valence-electron chi connectivity index (χ0n) is 17.3. The molecule has 0 radical (unpaired) electrons. The van der Waals surface area contributed by atoms with E-state index in [1.807, 2.05) is 48.5 Å². The highest BCUT2D eigenvalue weighted by Crippen LogP contribution is 2.23. The Morgan fingerprint density at radius 3 is 1.59 bits per heavy atom. The van der Waals surface area contributed by atoms with Crippen molar-refractivity contribution in [3.8, 4) is 22.8 Å². The summed E-state index contributed by atoms with van der Waals surface area (Å²) in [5.41, 5.74) is 8.52. The molecule has 0 aliphatic carbocycles. The van der Waals surface area contributed by atoms with Gasteiger partial charge >= 0.3 is 0 Å². The lowest BCUT2D eigenvalue weighted by Gasteiger charge is -2.08. The quantitative estimate of drug-likeness (QED) is 0.306. The minimum Gasteiger partial charge on any atom is -0.381 e. The molecule has 6 aromatic rings. The molecule has 6 rings (SSSR count). The van der Waals surface area contributed by atoms with Gasteiger partial charge in [0.2, 0.25) is 0 Å². The largest absolute Gasteiger partial charge is 0.381 e. The molecule has 0 bridgehead atoms. The van der Waals surface area contributed by atoms with Gasteiger partial charge in [-0.3, -0.25) is 0 Å². The molecule has 0 aliphatic rings. The first-order valence-electron chi connectivity index (χ1n) is 10.6. The maximum Gasteiger partial charge on any atom is 0.138 e. The van der Waals surface area contributed by atoms with Crippen molar-refractivity contribution in [3.63, 3.8) is 0 Å². The van der Waals surface area contributed by atoms with Crippen molar-refractivity contribution >= 4 is 27.8 Å². The third-order valence-electron chi connectivity index (χ3n) is 5.66. The first-order chi connectivity index (χ1) is 15.8. The van der Waals surface area contributed by atoms with Crippen molar-refractivity contribution in [2.45, 2.75) is 6.54 Å². The number of fused-ring (bicyclic) bond motifs is 2. The van der Waals surface area contributed by atoms with Crippen LogP contribution in [0.1, 0.15) is 5.56 Å². The number of nitrogens with one attached hydrogen (secondary N) is 3. The van der Waals surface area contributed by atoms with Gasteiger partial charge in [-0.05, 0) is 54.1 Å². The molecule has 2 heterocycles. The molecular formula is C27H21N5. The molecule has 5 heteroatoms. The summed E-state index contributed by atoms with van der Waals surface area (Å²) in [5.74, 6) is 1.78. The summed E-state index contributed by atoms with van der Waals surface area (Å²) >= 11 is 0. The molecule has 0 fully saturated rings. The van der Waals surface area contributed by atoms with Gasteiger partial charge in [0.1, 0.15) is 11.6 Å². The Balaban J connectivity index is 1.13. The molecule has 0 atom stereocenters.